The van der Waals surface area contributed by atoms with Crippen molar-refractivity contribution < 1.29 is 4.74 Å². The highest BCUT2D eigenvalue weighted by Crippen LogP contribution is 2.27. The first kappa shape index (κ1) is 12.0. The summed E-state index contributed by atoms with van der Waals surface area (Å²) in [6, 6.07) is 8.61. The highest BCUT2D eigenvalue weighted by molar-refractivity contribution is 5.92. The summed E-state index contributed by atoms with van der Waals surface area (Å²) in [5.74, 6) is 1.82. The van der Waals surface area contributed by atoms with Crippen LogP contribution in [0.15, 0.2) is 42.6 Å². The lowest BCUT2D eigenvalue weighted by Crippen LogP contribution is -2.21. The molecule has 19 heavy (non-hydrogen) atoms. The lowest BCUT2D eigenvalue weighted by molar-refractivity contribution is 0.415. The van der Waals surface area contributed by atoms with Crippen LogP contribution in [0.3, 0.4) is 0 Å². The number of allylic oxidation sites excluding steroid dienone is 1. The molecule has 98 valence electrons. The molecule has 1 unspecified atom stereocenters. The molecule has 3 nitrogen and oxygen atoms in total. The molecule has 0 radical (unpaired) electrons. The molecule has 0 amide bonds. The molecule has 1 aliphatic rings. The number of aromatic nitrogens is 1. The summed E-state index contributed by atoms with van der Waals surface area (Å²) >= 11 is 0. The molecule has 1 heterocycles. The molecule has 1 atom stereocenters. The fraction of sp³-hybridized carbons (Fsp3) is 0.312. The van der Waals surface area contributed by atoms with Crippen molar-refractivity contribution in [2.75, 3.05) is 12.4 Å². The van der Waals surface area contributed by atoms with Crippen LogP contribution in [-0.2, 0) is 0 Å². The van der Waals surface area contributed by atoms with Gasteiger partial charge in [-0.2, -0.15) is 0 Å². The highest BCUT2D eigenvalue weighted by atomic mass is 16.5. The first-order valence-corrected chi connectivity index (χ1v) is 6.71. The number of benzene rings is 1. The number of fused-ring (bicyclic) bond motifs is 1. The van der Waals surface area contributed by atoms with Crippen LogP contribution in [0.1, 0.15) is 19.3 Å². The predicted molar refractivity (Wildman–Crippen MR) is 78.7 cm³/mol. The Kier molecular flexibility index (Phi) is 3.36. The van der Waals surface area contributed by atoms with Crippen LogP contribution in [0.25, 0.3) is 10.8 Å². The molecular formula is C16H18N2O. The number of hydrogen-bond donors (Lipinski definition) is 1. The zero-order chi connectivity index (χ0) is 13.1. The lowest BCUT2D eigenvalue weighted by Gasteiger charge is -2.21. The van der Waals surface area contributed by atoms with E-state index in [0.29, 0.717) is 6.04 Å². The zero-order valence-electron chi connectivity index (χ0n) is 11.1. The smallest absolute Gasteiger partial charge is 0.134 e. The number of methoxy groups -OCH3 is 1. The number of rotatable bonds is 3. The van der Waals surface area contributed by atoms with Gasteiger partial charge in [-0.15, -0.1) is 0 Å². The maximum atomic E-state index is 5.30. The van der Waals surface area contributed by atoms with Crippen molar-refractivity contribution in [2.45, 2.75) is 25.3 Å². The summed E-state index contributed by atoms with van der Waals surface area (Å²) in [6.45, 7) is 0. The van der Waals surface area contributed by atoms with Crippen molar-refractivity contribution in [3.05, 3.63) is 42.6 Å². The van der Waals surface area contributed by atoms with Gasteiger partial charge in [0, 0.05) is 17.6 Å². The molecule has 0 fully saturated rings. The second-order valence-electron chi connectivity index (χ2n) is 4.87. The molecule has 2 aromatic rings. The summed E-state index contributed by atoms with van der Waals surface area (Å²) in [4.78, 5) is 4.49. The van der Waals surface area contributed by atoms with Crippen LogP contribution in [0.5, 0.6) is 5.75 Å². The summed E-state index contributed by atoms with van der Waals surface area (Å²) in [5.41, 5.74) is 0. The first-order chi connectivity index (χ1) is 9.36. The van der Waals surface area contributed by atoms with Crippen molar-refractivity contribution >= 4 is 16.6 Å². The molecule has 0 saturated heterocycles. The van der Waals surface area contributed by atoms with E-state index in [9.17, 15) is 0 Å². The average Bonchev–Trinajstić information content (AvgIpc) is 2.48. The van der Waals surface area contributed by atoms with E-state index in [-0.39, 0.29) is 0 Å². The van der Waals surface area contributed by atoms with Crippen molar-refractivity contribution in [3.8, 4) is 5.75 Å². The maximum absolute atomic E-state index is 5.30. The van der Waals surface area contributed by atoms with Gasteiger partial charge in [0.15, 0.2) is 0 Å². The Morgan fingerprint density at radius 3 is 3.00 bits per heavy atom. The normalized spacial score (nSPS) is 18.5. The van der Waals surface area contributed by atoms with Crippen LogP contribution >= 0.6 is 0 Å². The monoisotopic (exact) mass is 254 g/mol. The van der Waals surface area contributed by atoms with Gasteiger partial charge in [0.1, 0.15) is 11.6 Å². The van der Waals surface area contributed by atoms with Gasteiger partial charge in [-0.3, -0.25) is 0 Å². The average molecular weight is 254 g/mol. The zero-order valence-corrected chi connectivity index (χ0v) is 11.1. The van der Waals surface area contributed by atoms with Crippen molar-refractivity contribution in [1.29, 1.82) is 0 Å². The van der Waals surface area contributed by atoms with Crippen LogP contribution in [-0.4, -0.2) is 18.1 Å². The molecule has 0 saturated carbocycles. The van der Waals surface area contributed by atoms with E-state index in [2.05, 4.69) is 28.5 Å². The molecule has 3 heteroatoms. The largest absolute Gasteiger partial charge is 0.497 e. The van der Waals surface area contributed by atoms with Gasteiger partial charge in [0.25, 0.3) is 0 Å². The Morgan fingerprint density at radius 1 is 1.26 bits per heavy atom. The van der Waals surface area contributed by atoms with Crippen molar-refractivity contribution in [2.24, 2.45) is 0 Å². The number of nitrogens with zero attached hydrogens (tertiary/aromatic N) is 1. The third-order valence-electron chi connectivity index (χ3n) is 3.58. The quantitative estimate of drug-likeness (QED) is 0.847. The minimum absolute atomic E-state index is 0.481. The lowest BCUT2D eigenvalue weighted by atomic mass is 10.0. The second kappa shape index (κ2) is 5.31. The van der Waals surface area contributed by atoms with Gasteiger partial charge in [0.2, 0.25) is 0 Å². The maximum Gasteiger partial charge on any atom is 0.134 e. The predicted octanol–water partition coefficient (Wildman–Crippen LogP) is 3.76. The topological polar surface area (TPSA) is 34.1 Å². The van der Waals surface area contributed by atoms with Gasteiger partial charge in [-0.25, -0.2) is 4.98 Å². The van der Waals surface area contributed by atoms with Gasteiger partial charge < -0.3 is 10.1 Å². The second-order valence-corrected chi connectivity index (χ2v) is 4.87. The summed E-state index contributed by atoms with van der Waals surface area (Å²) in [6.07, 6.45) is 9.73. The molecule has 1 aromatic carbocycles. The molecule has 3 rings (SSSR count). The molecule has 0 bridgehead atoms. The van der Waals surface area contributed by atoms with Crippen LogP contribution in [0, 0.1) is 0 Å². The third kappa shape index (κ3) is 2.55. The van der Waals surface area contributed by atoms with Crippen molar-refractivity contribution in [3.63, 3.8) is 0 Å². The summed E-state index contributed by atoms with van der Waals surface area (Å²) in [7, 11) is 1.69. The fourth-order valence-electron chi connectivity index (χ4n) is 2.51. The standard InChI is InChI=1S/C16H18N2O/c1-19-14-8-7-12-9-10-17-16(15(12)11-14)18-13-5-3-2-4-6-13/h2-3,7-11,13H,4-6H2,1H3,(H,17,18). The molecular weight excluding hydrogens is 236 g/mol. The number of ether oxygens (including phenoxy) is 1. The van der Waals surface area contributed by atoms with Crippen LogP contribution in [0.2, 0.25) is 0 Å². The Labute approximate surface area is 113 Å². The van der Waals surface area contributed by atoms with E-state index >= 15 is 0 Å². The Hall–Kier alpha value is -2.03. The van der Waals surface area contributed by atoms with Gasteiger partial charge in [0.05, 0.1) is 7.11 Å². The van der Waals surface area contributed by atoms with Gasteiger partial charge in [-0.1, -0.05) is 18.2 Å². The Balaban J connectivity index is 1.95. The van der Waals surface area contributed by atoms with Crippen LogP contribution < -0.4 is 10.1 Å². The number of hydrogen-bond acceptors (Lipinski definition) is 3. The summed E-state index contributed by atoms with van der Waals surface area (Å²) in [5, 5.41) is 5.86. The van der Waals surface area contributed by atoms with Crippen molar-refractivity contribution in [1.82, 2.24) is 4.98 Å². The minimum atomic E-state index is 0.481. The third-order valence-corrected chi connectivity index (χ3v) is 3.58. The first-order valence-electron chi connectivity index (χ1n) is 6.71. The molecule has 1 aliphatic carbocycles. The van der Waals surface area contributed by atoms with E-state index in [1.807, 2.05) is 24.4 Å². The number of pyridine rings is 1. The van der Waals surface area contributed by atoms with E-state index in [0.717, 1.165) is 29.8 Å². The Morgan fingerprint density at radius 2 is 2.21 bits per heavy atom. The van der Waals surface area contributed by atoms with E-state index in [1.165, 1.54) is 11.8 Å². The molecule has 1 N–H and O–H groups in total. The highest BCUT2D eigenvalue weighted by Gasteiger charge is 2.12. The van der Waals surface area contributed by atoms with Gasteiger partial charge >= 0.3 is 0 Å². The SMILES string of the molecule is COc1ccc2ccnc(NC3CC=CCC3)c2c1. The summed E-state index contributed by atoms with van der Waals surface area (Å²) < 4.78 is 5.30. The minimum Gasteiger partial charge on any atom is -0.497 e. The van der Waals surface area contributed by atoms with E-state index in [1.54, 1.807) is 7.11 Å². The molecule has 0 aliphatic heterocycles. The fourth-order valence-corrected chi connectivity index (χ4v) is 2.51. The van der Waals surface area contributed by atoms with E-state index < -0.39 is 0 Å². The molecule has 1 aromatic heterocycles. The van der Waals surface area contributed by atoms with Gasteiger partial charge in [-0.05, 0) is 42.8 Å². The number of anilines is 1. The molecule has 0 spiro atoms. The van der Waals surface area contributed by atoms with E-state index in [4.69, 9.17) is 4.74 Å². The Bertz CT molecular complexity index is 607. The number of nitrogens with one attached hydrogen (secondary N) is 1. The van der Waals surface area contributed by atoms with Crippen LogP contribution in [0.4, 0.5) is 5.82 Å².